The van der Waals surface area contributed by atoms with Gasteiger partial charge in [0.25, 0.3) is 0 Å². The zero-order valence-electron chi connectivity index (χ0n) is 7.25. The number of hydrogen-bond donors (Lipinski definition) is 1. The van der Waals surface area contributed by atoms with E-state index in [1.807, 2.05) is 6.92 Å². The molecule has 0 heterocycles. The molecule has 0 aliphatic carbocycles. The van der Waals surface area contributed by atoms with Gasteiger partial charge in [-0.1, -0.05) is 13.3 Å². The van der Waals surface area contributed by atoms with Crippen LogP contribution in [-0.4, -0.2) is 24.2 Å². The van der Waals surface area contributed by atoms with Gasteiger partial charge in [0.15, 0.2) is 6.29 Å². The Morgan fingerprint density at radius 1 is 1.69 bits per heavy atom. The van der Waals surface area contributed by atoms with Gasteiger partial charge < -0.3 is 9.84 Å². The van der Waals surface area contributed by atoms with Crippen molar-refractivity contribution in [2.24, 2.45) is 0 Å². The molecule has 0 radical (unpaired) electrons. The van der Waals surface area contributed by atoms with Gasteiger partial charge in [0, 0.05) is 22.6 Å². The predicted octanol–water partition coefficient (Wildman–Crippen LogP) is 2.06. The standard InChI is InChI=1S/C5H10O3.C3HIO/c1-2-3-4-8-5(6)7;4-2-1-3-5/h2-4H2,1H3,(H,6,7);3H. The third kappa shape index (κ3) is 24.6. The van der Waals surface area contributed by atoms with E-state index >= 15 is 0 Å². The molecule has 0 aliphatic rings. The van der Waals surface area contributed by atoms with Crippen molar-refractivity contribution in [1.29, 1.82) is 0 Å². The minimum Gasteiger partial charge on any atom is -0.450 e. The summed E-state index contributed by atoms with van der Waals surface area (Å²) in [4.78, 5) is 18.9. The Bertz CT molecular complexity index is 192. The molecule has 0 unspecified atom stereocenters. The van der Waals surface area contributed by atoms with E-state index in [9.17, 15) is 9.59 Å². The number of aldehydes is 1. The van der Waals surface area contributed by atoms with Crippen LogP contribution in [-0.2, 0) is 9.53 Å². The SMILES string of the molecule is CCCCOC(=O)O.O=CC#CI. The van der Waals surface area contributed by atoms with Crippen molar-refractivity contribution in [3.05, 3.63) is 0 Å². The van der Waals surface area contributed by atoms with Crippen molar-refractivity contribution in [2.75, 3.05) is 6.61 Å². The van der Waals surface area contributed by atoms with Gasteiger partial charge >= 0.3 is 6.16 Å². The second kappa shape index (κ2) is 13.8. The van der Waals surface area contributed by atoms with Crippen molar-refractivity contribution in [3.63, 3.8) is 0 Å². The summed E-state index contributed by atoms with van der Waals surface area (Å²) in [6.45, 7) is 2.30. The molecule has 0 fully saturated rings. The minimum absolute atomic E-state index is 0.325. The van der Waals surface area contributed by atoms with Crippen molar-refractivity contribution in [3.8, 4) is 9.85 Å². The van der Waals surface area contributed by atoms with E-state index in [1.165, 1.54) is 0 Å². The van der Waals surface area contributed by atoms with Crippen LogP contribution in [0.25, 0.3) is 0 Å². The molecule has 0 spiro atoms. The predicted molar refractivity (Wildman–Crippen MR) is 56.7 cm³/mol. The van der Waals surface area contributed by atoms with Gasteiger partial charge in [0.05, 0.1) is 6.61 Å². The maximum atomic E-state index is 9.65. The summed E-state index contributed by atoms with van der Waals surface area (Å²) in [5, 5.41) is 7.92. The number of carboxylic acid groups (broad SMARTS) is 1. The van der Waals surface area contributed by atoms with Gasteiger partial charge in [0.1, 0.15) is 0 Å². The summed E-state index contributed by atoms with van der Waals surface area (Å²) in [6, 6.07) is 0. The van der Waals surface area contributed by atoms with Crippen LogP contribution in [0.1, 0.15) is 19.8 Å². The quantitative estimate of drug-likeness (QED) is 0.285. The third-order valence-electron chi connectivity index (χ3n) is 0.837. The smallest absolute Gasteiger partial charge is 0.450 e. The van der Waals surface area contributed by atoms with E-state index in [0.717, 1.165) is 12.8 Å². The highest BCUT2D eigenvalue weighted by Gasteiger charge is 1.91. The molecule has 0 saturated heterocycles. The summed E-state index contributed by atoms with van der Waals surface area (Å²) >= 11 is 1.80. The monoisotopic (exact) mass is 298 g/mol. The van der Waals surface area contributed by atoms with E-state index in [1.54, 1.807) is 22.6 Å². The second-order valence-electron chi connectivity index (χ2n) is 1.82. The Hall–Kier alpha value is -0.770. The van der Waals surface area contributed by atoms with Crippen LogP contribution in [0.15, 0.2) is 0 Å². The highest BCUT2D eigenvalue weighted by atomic mass is 127. The van der Waals surface area contributed by atoms with Gasteiger partial charge in [0.2, 0.25) is 0 Å². The number of carbonyl (C=O) groups excluding carboxylic acids is 1. The molecule has 0 aromatic carbocycles. The number of unbranched alkanes of at least 4 members (excludes halogenated alkanes) is 1. The average Bonchev–Trinajstić information content (AvgIpc) is 2.07. The van der Waals surface area contributed by atoms with E-state index in [4.69, 9.17) is 5.11 Å². The Morgan fingerprint density at radius 2 is 2.31 bits per heavy atom. The van der Waals surface area contributed by atoms with Crippen molar-refractivity contribution in [1.82, 2.24) is 0 Å². The van der Waals surface area contributed by atoms with Crippen LogP contribution in [0, 0.1) is 9.85 Å². The largest absolute Gasteiger partial charge is 0.505 e. The van der Waals surface area contributed by atoms with Gasteiger partial charge in [-0.15, -0.1) is 0 Å². The molecule has 0 saturated carbocycles. The summed E-state index contributed by atoms with van der Waals surface area (Å²) in [5.74, 6) is 2.17. The maximum absolute atomic E-state index is 9.65. The molecule has 0 aromatic heterocycles. The first-order valence-corrected chi connectivity index (χ1v) is 4.67. The van der Waals surface area contributed by atoms with E-state index in [2.05, 4.69) is 14.6 Å². The third-order valence-corrected chi connectivity index (χ3v) is 1.15. The first kappa shape index (κ1) is 14.7. The molecule has 0 aromatic rings. The van der Waals surface area contributed by atoms with Crippen LogP contribution >= 0.6 is 22.6 Å². The lowest BCUT2D eigenvalue weighted by molar-refractivity contribution is -0.103. The Labute approximate surface area is 90.8 Å². The topological polar surface area (TPSA) is 63.6 Å². The van der Waals surface area contributed by atoms with Gasteiger partial charge in [-0.05, 0) is 16.3 Å². The molecule has 0 amide bonds. The number of hydrogen-bond acceptors (Lipinski definition) is 3. The molecule has 0 rings (SSSR count). The molecule has 0 aliphatic heterocycles. The number of ether oxygens (including phenoxy) is 1. The summed E-state index contributed by atoms with van der Waals surface area (Å²) in [6.07, 6.45) is 1.16. The highest BCUT2D eigenvalue weighted by molar-refractivity contribution is 14.1. The molecule has 13 heavy (non-hydrogen) atoms. The molecular weight excluding hydrogens is 287 g/mol. The average molecular weight is 298 g/mol. The van der Waals surface area contributed by atoms with E-state index in [0.29, 0.717) is 12.9 Å². The van der Waals surface area contributed by atoms with Crippen molar-refractivity contribution < 1.29 is 19.4 Å². The fraction of sp³-hybridized carbons (Fsp3) is 0.500. The van der Waals surface area contributed by atoms with Crippen molar-refractivity contribution >= 4 is 35.0 Å². The number of carbonyl (C=O) groups is 2. The van der Waals surface area contributed by atoms with E-state index < -0.39 is 6.16 Å². The number of rotatable bonds is 3. The van der Waals surface area contributed by atoms with Crippen LogP contribution in [0.3, 0.4) is 0 Å². The Kier molecular flexibility index (Phi) is 15.6. The van der Waals surface area contributed by atoms with Gasteiger partial charge in [-0.3, -0.25) is 4.79 Å². The number of halogens is 1. The molecule has 1 N–H and O–H groups in total. The molecular formula is C8H11IO4. The van der Waals surface area contributed by atoms with Crippen LogP contribution in [0.2, 0.25) is 0 Å². The van der Waals surface area contributed by atoms with Crippen LogP contribution in [0.4, 0.5) is 4.79 Å². The Balaban J connectivity index is 0. The molecule has 74 valence electrons. The fourth-order valence-electron chi connectivity index (χ4n) is 0.326. The van der Waals surface area contributed by atoms with Gasteiger partial charge in [-0.25, -0.2) is 4.79 Å². The highest BCUT2D eigenvalue weighted by Crippen LogP contribution is 1.86. The van der Waals surface area contributed by atoms with Crippen LogP contribution in [0.5, 0.6) is 0 Å². The summed E-state index contributed by atoms with van der Waals surface area (Å²) in [5.41, 5.74) is 0. The van der Waals surface area contributed by atoms with Gasteiger partial charge in [-0.2, -0.15) is 0 Å². The Morgan fingerprint density at radius 3 is 2.54 bits per heavy atom. The molecule has 0 bridgehead atoms. The summed E-state index contributed by atoms with van der Waals surface area (Å²) < 4.78 is 6.57. The zero-order chi connectivity index (χ0) is 10.5. The minimum atomic E-state index is -1.18. The lowest BCUT2D eigenvalue weighted by Gasteiger charge is -1.94. The van der Waals surface area contributed by atoms with E-state index in [-0.39, 0.29) is 0 Å². The lowest BCUT2D eigenvalue weighted by atomic mass is 10.4. The fourth-order valence-corrected chi connectivity index (χ4v) is 0.453. The second-order valence-corrected chi connectivity index (χ2v) is 2.36. The molecule has 5 heteroatoms. The van der Waals surface area contributed by atoms with Crippen LogP contribution < -0.4 is 0 Å². The normalized spacial score (nSPS) is 6.92. The van der Waals surface area contributed by atoms with Crippen molar-refractivity contribution in [2.45, 2.75) is 19.8 Å². The first-order valence-electron chi connectivity index (χ1n) is 3.59. The first-order chi connectivity index (χ1) is 6.18. The molecule has 4 nitrogen and oxygen atoms in total. The zero-order valence-corrected chi connectivity index (χ0v) is 9.41. The maximum Gasteiger partial charge on any atom is 0.505 e. The lowest BCUT2D eigenvalue weighted by Crippen LogP contribution is -2.00. The summed E-state index contributed by atoms with van der Waals surface area (Å²) in [7, 11) is 0. The molecule has 0 atom stereocenters.